The van der Waals surface area contributed by atoms with E-state index in [4.69, 9.17) is 25.5 Å². The lowest BCUT2D eigenvalue weighted by Crippen LogP contribution is -2.44. The molecule has 1 fully saturated rings. The molecule has 3 heterocycles. The number of para-hydroxylation sites is 1. The van der Waals surface area contributed by atoms with Gasteiger partial charge < -0.3 is 13.9 Å². The lowest BCUT2D eigenvalue weighted by molar-refractivity contribution is -0.386. The number of aromatic nitrogens is 4. The average molecular weight is 520 g/mol. The third-order valence-corrected chi connectivity index (χ3v) is 11.6. The molecule has 12 heteroatoms. The Labute approximate surface area is 209 Å². The molecule has 0 saturated carbocycles. The van der Waals surface area contributed by atoms with Gasteiger partial charge in [-0.25, -0.2) is 15.0 Å². The molecule has 1 aliphatic heterocycles. The van der Waals surface area contributed by atoms with Crippen LogP contribution in [-0.2, 0) is 20.5 Å². The molecule has 0 spiro atoms. The second kappa shape index (κ2) is 9.90. The van der Waals surface area contributed by atoms with Gasteiger partial charge in [0.15, 0.2) is 19.1 Å². The first-order valence-electron chi connectivity index (χ1n) is 11.4. The maximum Gasteiger partial charge on any atom is 0.274 e. The van der Waals surface area contributed by atoms with E-state index >= 15 is 0 Å². The van der Waals surface area contributed by atoms with Crippen molar-refractivity contribution in [2.75, 3.05) is 6.61 Å². The quantitative estimate of drug-likeness (QED) is 0.171. The summed E-state index contributed by atoms with van der Waals surface area (Å²) < 4.78 is 20.9. The second-order valence-corrected chi connectivity index (χ2v) is 15.3. The minimum atomic E-state index is -2.03. The number of imidazole rings is 1. The van der Waals surface area contributed by atoms with Crippen molar-refractivity contribution < 1.29 is 18.8 Å². The Kier molecular flexibility index (Phi) is 7.25. The van der Waals surface area contributed by atoms with E-state index < -0.39 is 19.5 Å². The van der Waals surface area contributed by atoms with E-state index in [1.807, 2.05) is 4.57 Å². The first-order chi connectivity index (χ1) is 16.5. The molecular formula is C23H30ClN5O5Si. The van der Waals surface area contributed by atoms with Crippen molar-refractivity contribution in [3.05, 3.63) is 57.8 Å². The summed E-state index contributed by atoms with van der Waals surface area (Å²) in [5.41, 5.74) is 1.61. The van der Waals surface area contributed by atoms with Crippen LogP contribution in [0.5, 0.6) is 0 Å². The van der Waals surface area contributed by atoms with Gasteiger partial charge in [0, 0.05) is 12.5 Å². The highest BCUT2D eigenvalue weighted by Crippen LogP contribution is 2.39. The number of nitro benzene ring substituents is 1. The highest BCUT2D eigenvalue weighted by Gasteiger charge is 2.42. The zero-order chi connectivity index (χ0) is 25.4. The number of hydrogen-bond acceptors (Lipinski definition) is 8. The highest BCUT2D eigenvalue weighted by molar-refractivity contribution is 6.74. The van der Waals surface area contributed by atoms with Gasteiger partial charge in [-0.15, -0.1) is 0 Å². The first-order valence-corrected chi connectivity index (χ1v) is 14.7. The molecule has 3 aromatic rings. The van der Waals surface area contributed by atoms with Crippen LogP contribution in [0.25, 0.3) is 11.2 Å². The highest BCUT2D eigenvalue weighted by atomic mass is 35.5. The fraction of sp³-hybridized carbons (Fsp3) is 0.522. The Bertz CT molecular complexity index is 1210. The molecule has 0 aliphatic carbocycles. The maximum absolute atomic E-state index is 11.4. The molecule has 188 valence electrons. The van der Waals surface area contributed by atoms with Crippen molar-refractivity contribution in [3.63, 3.8) is 0 Å². The van der Waals surface area contributed by atoms with E-state index in [1.165, 1.54) is 12.4 Å². The maximum atomic E-state index is 11.4. The van der Waals surface area contributed by atoms with Crippen LogP contribution in [0.3, 0.4) is 0 Å². The standard InChI is InChI=1S/C23H30ClN5O5Si/c1-23(2,3)35(4,5)33-12-18-17(32-11-15-8-6-7-9-16(15)29(30)31)10-19(34-18)28-14-27-20-21(24)25-13-26-22(20)28/h6-9,13-14,17-19H,10-12H2,1-5H3/t17-,18+,19+/m0/s1. The third-order valence-electron chi connectivity index (χ3n) is 6.86. The Hall–Kier alpha value is -2.44. The van der Waals surface area contributed by atoms with Gasteiger partial charge in [0.25, 0.3) is 5.69 Å². The number of nitro groups is 1. The van der Waals surface area contributed by atoms with Gasteiger partial charge in [-0.05, 0) is 24.2 Å². The lowest BCUT2D eigenvalue weighted by Gasteiger charge is -2.37. The average Bonchev–Trinajstić information content (AvgIpc) is 3.40. The van der Waals surface area contributed by atoms with E-state index in [9.17, 15) is 10.1 Å². The molecule has 0 bridgehead atoms. The van der Waals surface area contributed by atoms with Gasteiger partial charge in [0.1, 0.15) is 24.2 Å². The summed E-state index contributed by atoms with van der Waals surface area (Å²) in [5.74, 6) is 0. The molecule has 1 aromatic carbocycles. The van der Waals surface area contributed by atoms with E-state index in [-0.39, 0.29) is 34.7 Å². The van der Waals surface area contributed by atoms with E-state index in [0.717, 1.165) is 0 Å². The first kappa shape index (κ1) is 25.6. The summed E-state index contributed by atoms with van der Waals surface area (Å²) in [6.45, 7) is 11.4. The van der Waals surface area contributed by atoms with Crippen molar-refractivity contribution in [1.82, 2.24) is 19.5 Å². The molecule has 3 atom stereocenters. The minimum Gasteiger partial charge on any atom is -0.414 e. The molecule has 4 rings (SSSR count). The zero-order valence-corrected chi connectivity index (χ0v) is 22.2. The summed E-state index contributed by atoms with van der Waals surface area (Å²) in [5, 5.41) is 11.7. The Morgan fingerprint density at radius 1 is 1.26 bits per heavy atom. The van der Waals surface area contributed by atoms with Crippen LogP contribution in [0.15, 0.2) is 36.9 Å². The number of halogens is 1. The summed E-state index contributed by atoms with van der Waals surface area (Å²) in [6, 6.07) is 6.59. The van der Waals surface area contributed by atoms with Gasteiger partial charge in [-0.2, -0.15) is 0 Å². The predicted octanol–water partition coefficient (Wildman–Crippen LogP) is 5.28. The van der Waals surface area contributed by atoms with Crippen LogP contribution in [0, 0.1) is 10.1 Å². The van der Waals surface area contributed by atoms with E-state index in [0.29, 0.717) is 29.8 Å². The number of benzene rings is 1. The molecule has 1 saturated heterocycles. The summed E-state index contributed by atoms with van der Waals surface area (Å²) in [6.07, 6.45) is 2.39. The van der Waals surface area contributed by atoms with Crippen LogP contribution >= 0.6 is 11.6 Å². The van der Waals surface area contributed by atoms with Crippen molar-refractivity contribution >= 4 is 36.8 Å². The van der Waals surface area contributed by atoms with Crippen molar-refractivity contribution in [2.45, 2.75) is 70.4 Å². The van der Waals surface area contributed by atoms with Crippen molar-refractivity contribution in [2.24, 2.45) is 0 Å². The molecule has 10 nitrogen and oxygen atoms in total. The van der Waals surface area contributed by atoms with Gasteiger partial charge in [-0.3, -0.25) is 14.7 Å². The van der Waals surface area contributed by atoms with Crippen LogP contribution in [-0.4, -0.2) is 51.6 Å². The number of hydrogen-bond donors (Lipinski definition) is 0. The number of ether oxygens (including phenoxy) is 2. The minimum absolute atomic E-state index is 0.0315. The normalized spacial score (nSPS) is 21.0. The monoisotopic (exact) mass is 519 g/mol. The van der Waals surface area contributed by atoms with Crippen LogP contribution in [0.4, 0.5) is 5.69 Å². The largest absolute Gasteiger partial charge is 0.414 e. The number of fused-ring (bicyclic) bond motifs is 1. The van der Waals surface area contributed by atoms with Crippen LogP contribution in [0.2, 0.25) is 23.3 Å². The van der Waals surface area contributed by atoms with E-state index in [2.05, 4.69) is 48.8 Å². The predicted molar refractivity (Wildman–Crippen MR) is 134 cm³/mol. The van der Waals surface area contributed by atoms with Crippen LogP contribution < -0.4 is 0 Å². The molecule has 0 N–H and O–H groups in total. The Morgan fingerprint density at radius 3 is 2.71 bits per heavy atom. The number of rotatable bonds is 8. The molecule has 1 aliphatic rings. The van der Waals surface area contributed by atoms with Crippen LogP contribution in [0.1, 0.15) is 39.0 Å². The fourth-order valence-corrected chi connectivity index (χ4v) is 4.94. The third kappa shape index (κ3) is 5.38. The Morgan fingerprint density at radius 2 is 2.00 bits per heavy atom. The summed E-state index contributed by atoms with van der Waals surface area (Å²) in [4.78, 5) is 23.7. The molecule has 0 amide bonds. The molecule has 0 radical (unpaired) electrons. The van der Waals surface area contributed by atoms with Gasteiger partial charge in [0.05, 0.1) is 36.1 Å². The smallest absolute Gasteiger partial charge is 0.274 e. The summed E-state index contributed by atoms with van der Waals surface area (Å²) >= 11 is 6.17. The summed E-state index contributed by atoms with van der Waals surface area (Å²) in [7, 11) is -2.03. The zero-order valence-electron chi connectivity index (χ0n) is 20.5. The Balaban J connectivity index is 1.56. The molecule has 35 heavy (non-hydrogen) atoms. The second-order valence-electron chi connectivity index (χ2n) is 10.2. The topological polar surface area (TPSA) is 114 Å². The van der Waals surface area contributed by atoms with Gasteiger partial charge in [0.2, 0.25) is 0 Å². The SMILES string of the molecule is CC(C)(C)[Si](C)(C)OC[C@H]1O[C@@H](n2cnc3c(Cl)ncnc32)C[C@@H]1OCc1ccccc1[N+](=O)[O-]. The molecular weight excluding hydrogens is 490 g/mol. The fourth-order valence-electron chi connectivity index (χ4n) is 3.75. The van der Waals surface area contributed by atoms with Gasteiger partial charge >= 0.3 is 0 Å². The molecule has 2 aromatic heterocycles. The van der Waals surface area contributed by atoms with Crippen molar-refractivity contribution in [1.29, 1.82) is 0 Å². The lowest BCUT2D eigenvalue weighted by atomic mass is 10.1. The van der Waals surface area contributed by atoms with Gasteiger partial charge in [-0.1, -0.05) is 44.5 Å². The van der Waals surface area contributed by atoms with E-state index in [1.54, 1.807) is 24.5 Å². The van der Waals surface area contributed by atoms with Crippen molar-refractivity contribution in [3.8, 4) is 0 Å². The number of nitrogens with zero attached hydrogens (tertiary/aromatic N) is 5. The molecule has 0 unspecified atom stereocenters.